The van der Waals surface area contributed by atoms with E-state index in [1.54, 1.807) is 0 Å². The average molecular weight is 342 g/mol. The number of carbonyl (C=O) groups is 2. The number of aromatic carboxylic acids is 1. The SMILES string of the molecule is O=C(CC1C=CCC1)NCc1cccc(-c2nc(C(=O)O)cs2)c1. The molecular weight excluding hydrogens is 324 g/mol. The first-order valence-electron chi connectivity index (χ1n) is 7.83. The molecule has 1 aliphatic rings. The normalized spacial score (nSPS) is 16.2. The van der Waals surface area contributed by atoms with Crippen LogP contribution in [0.5, 0.6) is 0 Å². The molecule has 2 N–H and O–H groups in total. The molecule has 0 spiro atoms. The number of aromatic nitrogens is 1. The first kappa shape index (κ1) is 16.4. The van der Waals surface area contributed by atoms with Crippen molar-refractivity contribution in [3.8, 4) is 10.6 Å². The summed E-state index contributed by atoms with van der Waals surface area (Å²) < 4.78 is 0. The highest BCUT2D eigenvalue weighted by Crippen LogP contribution is 2.25. The molecular formula is C18H18N2O3S. The van der Waals surface area contributed by atoms with Crippen LogP contribution < -0.4 is 5.32 Å². The van der Waals surface area contributed by atoms with Crippen molar-refractivity contribution in [1.82, 2.24) is 10.3 Å². The fourth-order valence-corrected chi connectivity index (χ4v) is 3.49. The van der Waals surface area contributed by atoms with Crippen LogP contribution in [0.2, 0.25) is 0 Å². The van der Waals surface area contributed by atoms with E-state index in [0.29, 0.717) is 23.9 Å². The molecule has 1 amide bonds. The lowest BCUT2D eigenvalue weighted by atomic mass is 10.0. The Bertz CT molecular complexity index is 782. The molecule has 6 heteroatoms. The molecule has 1 atom stereocenters. The van der Waals surface area contributed by atoms with Crippen LogP contribution in [0.4, 0.5) is 0 Å². The maximum absolute atomic E-state index is 12.0. The molecule has 3 rings (SSSR count). The topological polar surface area (TPSA) is 79.3 Å². The molecule has 0 fully saturated rings. The number of carboxylic acid groups (broad SMARTS) is 1. The van der Waals surface area contributed by atoms with Gasteiger partial charge in [0.1, 0.15) is 5.01 Å². The molecule has 0 saturated carbocycles. The highest BCUT2D eigenvalue weighted by Gasteiger charge is 2.14. The molecule has 24 heavy (non-hydrogen) atoms. The van der Waals surface area contributed by atoms with Gasteiger partial charge in [-0.3, -0.25) is 4.79 Å². The quantitative estimate of drug-likeness (QED) is 0.788. The monoisotopic (exact) mass is 342 g/mol. The Labute approximate surface area is 144 Å². The van der Waals surface area contributed by atoms with E-state index in [-0.39, 0.29) is 11.6 Å². The fourth-order valence-electron chi connectivity index (χ4n) is 2.70. The van der Waals surface area contributed by atoms with Crippen molar-refractivity contribution in [1.29, 1.82) is 0 Å². The number of carbonyl (C=O) groups excluding carboxylic acids is 1. The number of carboxylic acids is 1. The Balaban J connectivity index is 1.61. The number of hydrogen-bond donors (Lipinski definition) is 2. The lowest BCUT2D eigenvalue weighted by molar-refractivity contribution is -0.121. The molecule has 1 aromatic heterocycles. The molecule has 1 unspecified atom stereocenters. The minimum atomic E-state index is -1.03. The van der Waals surface area contributed by atoms with Crippen LogP contribution in [0.25, 0.3) is 10.6 Å². The van der Waals surface area contributed by atoms with Crippen LogP contribution in [-0.4, -0.2) is 22.0 Å². The second kappa shape index (κ2) is 7.40. The van der Waals surface area contributed by atoms with Crippen molar-refractivity contribution in [3.63, 3.8) is 0 Å². The van der Waals surface area contributed by atoms with Crippen molar-refractivity contribution >= 4 is 23.2 Å². The third kappa shape index (κ3) is 4.08. The smallest absolute Gasteiger partial charge is 0.355 e. The number of benzene rings is 1. The summed E-state index contributed by atoms with van der Waals surface area (Å²) in [4.78, 5) is 27.0. The van der Waals surface area contributed by atoms with Crippen LogP contribution in [-0.2, 0) is 11.3 Å². The molecule has 0 aliphatic heterocycles. The third-order valence-electron chi connectivity index (χ3n) is 3.95. The Morgan fingerprint density at radius 2 is 2.25 bits per heavy atom. The van der Waals surface area contributed by atoms with Crippen molar-refractivity contribution < 1.29 is 14.7 Å². The van der Waals surface area contributed by atoms with Gasteiger partial charge in [-0.25, -0.2) is 9.78 Å². The fraction of sp³-hybridized carbons (Fsp3) is 0.278. The van der Waals surface area contributed by atoms with Crippen molar-refractivity contribution in [2.45, 2.75) is 25.8 Å². The minimum absolute atomic E-state index is 0.0540. The van der Waals surface area contributed by atoms with Crippen molar-refractivity contribution in [2.24, 2.45) is 5.92 Å². The summed E-state index contributed by atoms with van der Waals surface area (Å²) >= 11 is 1.30. The molecule has 1 aliphatic carbocycles. The highest BCUT2D eigenvalue weighted by molar-refractivity contribution is 7.13. The Kier molecular flexibility index (Phi) is 5.05. The number of nitrogens with one attached hydrogen (secondary N) is 1. The second-order valence-corrected chi connectivity index (χ2v) is 6.65. The summed E-state index contributed by atoms with van der Waals surface area (Å²) in [6, 6.07) is 7.64. The highest BCUT2D eigenvalue weighted by atomic mass is 32.1. The summed E-state index contributed by atoms with van der Waals surface area (Å²) in [7, 11) is 0. The van der Waals surface area contributed by atoms with Gasteiger partial charge in [0.2, 0.25) is 5.91 Å². The number of amides is 1. The average Bonchev–Trinajstić information content (AvgIpc) is 3.25. The van der Waals surface area contributed by atoms with E-state index in [0.717, 1.165) is 24.0 Å². The van der Waals surface area contributed by atoms with E-state index in [1.165, 1.54) is 16.7 Å². The zero-order valence-corrected chi connectivity index (χ0v) is 13.9. The van der Waals surface area contributed by atoms with Crippen LogP contribution in [0.3, 0.4) is 0 Å². The van der Waals surface area contributed by atoms with E-state index < -0.39 is 5.97 Å². The van der Waals surface area contributed by atoms with Crippen LogP contribution in [0, 0.1) is 5.92 Å². The number of nitrogens with zero attached hydrogens (tertiary/aromatic N) is 1. The standard InChI is InChI=1S/C18H18N2O3S/c21-16(9-12-4-1-2-5-12)19-10-13-6-3-7-14(8-13)17-20-15(11-24-17)18(22)23/h1,3-4,6-8,11-12H,2,5,9-10H2,(H,19,21)(H,22,23). The maximum atomic E-state index is 12.0. The number of thiazole rings is 1. The van der Waals surface area contributed by atoms with E-state index in [4.69, 9.17) is 5.11 Å². The van der Waals surface area contributed by atoms with E-state index >= 15 is 0 Å². The van der Waals surface area contributed by atoms with Gasteiger partial charge in [0.25, 0.3) is 0 Å². The first-order chi connectivity index (χ1) is 11.6. The molecule has 124 valence electrons. The third-order valence-corrected chi connectivity index (χ3v) is 4.84. The Hall–Kier alpha value is -2.47. The summed E-state index contributed by atoms with van der Waals surface area (Å²) in [5.74, 6) is -0.609. The molecule has 5 nitrogen and oxygen atoms in total. The summed E-state index contributed by atoms with van der Waals surface area (Å²) in [5, 5.41) is 14.1. The largest absolute Gasteiger partial charge is 0.476 e. The summed E-state index contributed by atoms with van der Waals surface area (Å²) in [6.07, 6.45) is 6.89. The van der Waals surface area contributed by atoms with Gasteiger partial charge in [-0.15, -0.1) is 11.3 Å². The molecule has 1 heterocycles. The zero-order valence-electron chi connectivity index (χ0n) is 13.1. The molecule has 0 saturated heterocycles. The lowest BCUT2D eigenvalue weighted by Crippen LogP contribution is -2.24. The van der Waals surface area contributed by atoms with Gasteiger partial charge in [0, 0.05) is 23.9 Å². The van der Waals surface area contributed by atoms with E-state index in [2.05, 4.69) is 22.5 Å². The van der Waals surface area contributed by atoms with Crippen LogP contribution in [0.1, 0.15) is 35.3 Å². The number of allylic oxidation sites excluding steroid dienone is 2. The van der Waals surface area contributed by atoms with Gasteiger partial charge in [0.05, 0.1) is 0 Å². The van der Waals surface area contributed by atoms with Crippen LogP contribution >= 0.6 is 11.3 Å². The second-order valence-electron chi connectivity index (χ2n) is 5.79. The van der Waals surface area contributed by atoms with Gasteiger partial charge in [0.15, 0.2) is 5.69 Å². The summed E-state index contributed by atoms with van der Waals surface area (Å²) in [5.41, 5.74) is 1.88. The van der Waals surface area contributed by atoms with E-state index in [1.807, 2.05) is 24.3 Å². The Morgan fingerprint density at radius 1 is 1.38 bits per heavy atom. The van der Waals surface area contributed by atoms with Gasteiger partial charge in [-0.2, -0.15) is 0 Å². The van der Waals surface area contributed by atoms with Gasteiger partial charge in [-0.05, 0) is 30.4 Å². The maximum Gasteiger partial charge on any atom is 0.355 e. The van der Waals surface area contributed by atoms with Gasteiger partial charge >= 0.3 is 5.97 Å². The van der Waals surface area contributed by atoms with Gasteiger partial charge in [-0.1, -0.05) is 30.4 Å². The van der Waals surface area contributed by atoms with Gasteiger partial charge < -0.3 is 10.4 Å². The van der Waals surface area contributed by atoms with E-state index in [9.17, 15) is 9.59 Å². The minimum Gasteiger partial charge on any atom is -0.476 e. The predicted molar refractivity (Wildman–Crippen MR) is 92.8 cm³/mol. The summed E-state index contributed by atoms with van der Waals surface area (Å²) in [6.45, 7) is 0.459. The number of rotatable bonds is 6. The number of hydrogen-bond acceptors (Lipinski definition) is 4. The van der Waals surface area contributed by atoms with Crippen molar-refractivity contribution in [3.05, 3.63) is 53.1 Å². The first-order valence-corrected chi connectivity index (χ1v) is 8.71. The molecule has 0 radical (unpaired) electrons. The molecule has 0 bridgehead atoms. The van der Waals surface area contributed by atoms with Crippen LogP contribution in [0.15, 0.2) is 41.8 Å². The molecule has 1 aromatic carbocycles. The zero-order chi connectivity index (χ0) is 16.9. The van der Waals surface area contributed by atoms with Crippen molar-refractivity contribution in [2.75, 3.05) is 0 Å². The predicted octanol–water partition coefficient (Wildman–Crippen LogP) is 3.48. The lowest BCUT2D eigenvalue weighted by Gasteiger charge is -2.09. The molecule has 2 aromatic rings. The Morgan fingerprint density at radius 3 is 2.96 bits per heavy atom.